The van der Waals surface area contributed by atoms with Gasteiger partial charge in [-0.25, -0.2) is 4.98 Å². The van der Waals surface area contributed by atoms with Crippen LogP contribution in [0.15, 0.2) is 10.6 Å². The minimum atomic E-state index is 0.403. The highest BCUT2D eigenvalue weighted by atomic mass is 16.5. The topological polar surface area (TPSA) is 47.3 Å². The molecule has 0 saturated heterocycles. The number of ether oxygens (including phenoxy) is 1. The van der Waals surface area contributed by atoms with Gasteiger partial charge in [-0.05, 0) is 11.8 Å². The molecule has 0 aromatic carbocycles. The fourth-order valence-corrected chi connectivity index (χ4v) is 1.89. The minimum absolute atomic E-state index is 0.403. The summed E-state index contributed by atoms with van der Waals surface area (Å²) in [5, 5.41) is 3.21. The third kappa shape index (κ3) is 2.62. The Bertz CT molecular complexity index is 347. The number of nitrogens with one attached hydrogen (secondary N) is 1. The Morgan fingerprint density at radius 3 is 3.00 bits per heavy atom. The van der Waals surface area contributed by atoms with Gasteiger partial charge in [0.05, 0.1) is 19.3 Å². The highest BCUT2D eigenvalue weighted by Crippen LogP contribution is 2.58. The van der Waals surface area contributed by atoms with Gasteiger partial charge in [0.25, 0.3) is 0 Å². The Morgan fingerprint density at radius 1 is 1.62 bits per heavy atom. The third-order valence-corrected chi connectivity index (χ3v) is 3.19. The lowest BCUT2D eigenvalue weighted by Crippen LogP contribution is -2.18. The van der Waals surface area contributed by atoms with E-state index in [0.29, 0.717) is 24.5 Å². The van der Waals surface area contributed by atoms with Crippen LogP contribution in [0, 0.1) is 5.41 Å². The lowest BCUT2D eigenvalue weighted by Gasteiger charge is -2.00. The zero-order valence-corrected chi connectivity index (χ0v) is 10.2. The number of hydrogen-bond donors (Lipinski definition) is 1. The van der Waals surface area contributed by atoms with Crippen LogP contribution in [0.5, 0.6) is 0 Å². The fourth-order valence-electron chi connectivity index (χ4n) is 1.89. The zero-order chi connectivity index (χ0) is 11.6. The molecular formula is C12H20N2O2. The summed E-state index contributed by atoms with van der Waals surface area (Å²) in [6.07, 6.45) is 3.07. The van der Waals surface area contributed by atoms with Crippen molar-refractivity contribution in [2.45, 2.75) is 32.7 Å². The Balaban J connectivity index is 1.79. The van der Waals surface area contributed by atoms with Gasteiger partial charge in [-0.3, -0.25) is 0 Å². The highest BCUT2D eigenvalue weighted by molar-refractivity contribution is 5.17. The molecule has 0 bridgehead atoms. The molecule has 1 fully saturated rings. The first-order valence-corrected chi connectivity index (χ1v) is 5.78. The van der Waals surface area contributed by atoms with Gasteiger partial charge in [-0.1, -0.05) is 13.8 Å². The molecule has 0 aliphatic heterocycles. The van der Waals surface area contributed by atoms with Crippen LogP contribution in [0.2, 0.25) is 0 Å². The van der Waals surface area contributed by atoms with Crippen LogP contribution in [0.4, 0.5) is 0 Å². The molecule has 1 saturated carbocycles. The van der Waals surface area contributed by atoms with Gasteiger partial charge in [0.2, 0.25) is 5.89 Å². The molecule has 1 aromatic heterocycles. The maximum Gasteiger partial charge on any atom is 0.208 e. The Hall–Kier alpha value is -0.870. The van der Waals surface area contributed by atoms with E-state index in [1.807, 2.05) is 6.20 Å². The summed E-state index contributed by atoms with van der Waals surface area (Å²) in [7, 11) is 1.69. The van der Waals surface area contributed by atoms with Crippen LogP contribution < -0.4 is 5.32 Å². The Morgan fingerprint density at radius 2 is 2.38 bits per heavy atom. The van der Waals surface area contributed by atoms with E-state index in [9.17, 15) is 0 Å². The molecular weight excluding hydrogens is 204 g/mol. The molecule has 4 nitrogen and oxygen atoms in total. The van der Waals surface area contributed by atoms with Gasteiger partial charge >= 0.3 is 0 Å². The van der Waals surface area contributed by atoms with Crippen molar-refractivity contribution < 1.29 is 9.15 Å². The average Bonchev–Trinajstić information content (AvgIpc) is 2.70. The van der Waals surface area contributed by atoms with Crippen molar-refractivity contribution in [3.63, 3.8) is 0 Å². The van der Waals surface area contributed by atoms with Gasteiger partial charge in [-0.2, -0.15) is 0 Å². The van der Waals surface area contributed by atoms with Crippen molar-refractivity contribution in [1.82, 2.24) is 10.3 Å². The molecule has 90 valence electrons. The smallest absolute Gasteiger partial charge is 0.208 e. The van der Waals surface area contributed by atoms with E-state index in [2.05, 4.69) is 24.1 Å². The molecule has 4 heteroatoms. The summed E-state index contributed by atoms with van der Waals surface area (Å²) < 4.78 is 10.7. The first kappa shape index (κ1) is 11.6. The first-order chi connectivity index (χ1) is 7.63. The number of hydrogen-bond acceptors (Lipinski definition) is 4. The molecule has 16 heavy (non-hydrogen) atoms. The van der Waals surface area contributed by atoms with Crippen molar-refractivity contribution in [3.8, 4) is 0 Å². The van der Waals surface area contributed by atoms with Crippen LogP contribution in [0.25, 0.3) is 0 Å². The maximum absolute atomic E-state index is 5.71. The minimum Gasteiger partial charge on any atom is -0.444 e. The fraction of sp³-hybridized carbons (Fsp3) is 0.750. The van der Waals surface area contributed by atoms with Crippen LogP contribution in [0.1, 0.15) is 37.8 Å². The van der Waals surface area contributed by atoms with Crippen molar-refractivity contribution in [1.29, 1.82) is 0 Å². The average molecular weight is 224 g/mol. The van der Waals surface area contributed by atoms with E-state index >= 15 is 0 Å². The van der Waals surface area contributed by atoms with E-state index in [4.69, 9.17) is 9.15 Å². The number of aromatic nitrogens is 1. The van der Waals surface area contributed by atoms with E-state index in [1.165, 1.54) is 6.42 Å². The largest absolute Gasteiger partial charge is 0.444 e. The summed E-state index contributed by atoms with van der Waals surface area (Å²) in [5.74, 6) is 2.37. The number of oxazole rings is 1. The predicted molar refractivity (Wildman–Crippen MR) is 61.2 cm³/mol. The number of nitrogens with zero attached hydrogens (tertiary/aromatic N) is 1. The summed E-state index contributed by atoms with van der Waals surface area (Å²) in [5.41, 5.74) is 0.403. The van der Waals surface area contributed by atoms with Gasteiger partial charge in [0.15, 0.2) is 0 Å². The van der Waals surface area contributed by atoms with Crippen molar-refractivity contribution in [2.75, 3.05) is 20.3 Å². The molecule has 2 rings (SSSR count). The van der Waals surface area contributed by atoms with Gasteiger partial charge in [-0.15, -0.1) is 0 Å². The maximum atomic E-state index is 5.71. The Labute approximate surface area is 96.4 Å². The van der Waals surface area contributed by atoms with Crippen molar-refractivity contribution >= 4 is 0 Å². The third-order valence-electron chi connectivity index (χ3n) is 3.19. The number of methoxy groups -OCH3 is 1. The lowest BCUT2D eigenvalue weighted by atomic mass is 10.1. The molecule has 0 amide bonds. The molecule has 1 unspecified atom stereocenters. The number of rotatable bonds is 6. The first-order valence-electron chi connectivity index (χ1n) is 5.78. The Kier molecular flexibility index (Phi) is 3.30. The van der Waals surface area contributed by atoms with Gasteiger partial charge in [0.1, 0.15) is 5.76 Å². The summed E-state index contributed by atoms with van der Waals surface area (Å²) in [6.45, 7) is 6.73. The monoisotopic (exact) mass is 224 g/mol. The van der Waals surface area contributed by atoms with Crippen LogP contribution in [0.3, 0.4) is 0 Å². The SMILES string of the molecule is COCCNCc1ncc(C2CC2(C)C)o1. The molecule has 1 aliphatic rings. The second kappa shape index (κ2) is 4.55. The van der Waals surface area contributed by atoms with E-state index in [1.54, 1.807) is 7.11 Å². The summed E-state index contributed by atoms with van der Waals surface area (Å²) in [6, 6.07) is 0. The zero-order valence-electron chi connectivity index (χ0n) is 10.2. The van der Waals surface area contributed by atoms with Crippen LogP contribution in [-0.2, 0) is 11.3 Å². The second-order valence-electron chi connectivity index (χ2n) is 5.07. The second-order valence-corrected chi connectivity index (χ2v) is 5.07. The van der Waals surface area contributed by atoms with Crippen molar-refractivity contribution in [2.24, 2.45) is 5.41 Å². The van der Waals surface area contributed by atoms with E-state index in [0.717, 1.165) is 18.2 Å². The highest BCUT2D eigenvalue weighted by Gasteiger charge is 2.48. The molecule has 0 spiro atoms. The van der Waals surface area contributed by atoms with Crippen molar-refractivity contribution in [3.05, 3.63) is 17.8 Å². The summed E-state index contributed by atoms with van der Waals surface area (Å²) in [4.78, 5) is 4.27. The molecule has 1 heterocycles. The molecule has 1 N–H and O–H groups in total. The molecule has 1 aromatic rings. The van der Waals surface area contributed by atoms with Crippen LogP contribution >= 0.6 is 0 Å². The van der Waals surface area contributed by atoms with Gasteiger partial charge < -0.3 is 14.5 Å². The lowest BCUT2D eigenvalue weighted by molar-refractivity contribution is 0.198. The quantitative estimate of drug-likeness (QED) is 0.750. The van der Waals surface area contributed by atoms with Crippen LogP contribution in [-0.4, -0.2) is 25.2 Å². The summed E-state index contributed by atoms with van der Waals surface area (Å²) >= 11 is 0. The predicted octanol–water partition coefficient (Wildman–Crippen LogP) is 1.92. The molecule has 1 aliphatic carbocycles. The standard InChI is InChI=1S/C12H20N2O2/c1-12(2)6-9(12)10-7-14-11(16-10)8-13-4-5-15-3/h7,9,13H,4-6,8H2,1-3H3. The van der Waals surface area contributed by atoms with Gasteiger partial charge in [0, 0.05) is 19.6 Å². The van der Waals surface area contributed by atoms with E-state index < -0.39 is 0 Å². The normalized spacial score (nSPS) is 22.3. The molecule has 1 atom stereocenters. The van der Waals surface area contributed by atoms with E-state index in [-0.39, 0.29) is 0 Å². The molecule has 0 radical (unpaired) electrons.